The van der Waals surface area contributed by atoms with Crippen LogP contribution in [-0.4, -0.2) is 24.7 Å². The average molecular weight is 476 g/mol. The smallest absolute Gasteiger partial charge is 0.291 e. The van der Waals surface area contributed by atoms with Gasteiger partial charge in [-0.3, -0.25) is 9.59 Å². The van der Waals surface area contributed by atoms with Crippen molar-refractivity contribution in [1.29, 1.82) is 0 Å². The summed E-state index contributed by atoms with van der Waals surface area (Å²) >= 11 is 6.15. The SMILES string of the molecule is COc1cccc(C2c3c(oc4ccc(Cl)cc4c3=O)C(=O)N2Cc2ccc3c(c2)OCO3)c1. The van der Waals surface area contributed by atoms with Gasteiger partial charge in [0.25, 0.3) is 5.91 Å². The summed E-state index contributed by atoms with van der Waals surface area (Å²) in [5.74, 6) is 1.57. The second-order valence-electron chi connectivity index (χ2n) is 8.11. The molecule has 0 saturated heterocycles. The summed E-state index contributed by atoms with van der Waals surface area (Å²) in [6.07, 6.45) is 0. The van der Waals surface area contributed by atoms with Gasteiger partial charge in [-0.25, -0.2) is 0 Å². The highest BCUT2D eigenvalue weighted by Gasteiger charge is 2.43. The Morgan fingerprint density at radius 1 is 1.03 bits per heavy atom. The molecular weight excluding hydrogens is 458 g/mol. The molecule has 6 rings (SSSR count). The number of halogens is 1. The molecule has 2 aliphatic heterocycles. The van der Waals surface area contributed by atoms with Crippen LogP contribution in [0.1, 0.15) is 33.3 Å². The first-order valence-electron chi connectivity index (χ1n) is 10.6. The van der Waals surface area contributed by atoms with Crippen LogP contribution in [0.15, 0.2) is 69.9 Å². The third-order valence-corrected chi connectivity index (χ3v) is 6.36. The van der Waals surface area contributed by atoms with Gasteiger partial charge in [0, 0.05) is 11.6 Å². The number of carbonyl (C=O) groups excluding carboxylic acids is 1. The van der Waals surface area contributed by atoms with E-state index in [1.165, 1.54) is 0 Å². The standard InChI is InChI=1S/C26H18ClNO6/c1-31-17-4-2-3-15(10-17)23-22-24(29)18-11-16(27)6-8-19(18)34-25(22)26(30)28(23)12-14-5-7-20-21(9-14)33-13-32-20/h2-11,23H,12-13H2,1H3. The number of nitrogens with zero attached hydrogens (tertiary/aromatic N) is 1. The zero-order chi connectivity index (χ0) is 23.4. The Labute approximate surface area is 199 Å². The number of hydrogen-bond acceptors (Lipinski definition) is 6. The van der Waals surface area contributed by atoms with Gasteiger partial charge in [-0.1, -0.05) is 29.8 Å². The molecule has 0 saturated carbocycles. The minimum absolute atomic E-state index is 0.0355. The molecule has 2 aliphatic rings. The van der Waals surface area contributed by atoms with E-state index in [0.29, 0.717) is 33.2 Å². The zero-order valence-electron chi connectivity index (χ0n) is 18.0. The lowest BCUT2D eigenvalue weighted by molar-refractivity contribution is 0.0714. The molecule has 34 heavy (non-hydrogen) atoms. The molecule has 4 aromatic rings. The van der Waals surface area contributed by atoms with Crippen LogP contribution in [-0.2, 0) is 6.54 Å². The van der Waals surface area contributed by atoms with Gasteiger partial charge in [-0.15, -0.1) is 0 Å². The lowest BCUT2D eigenvalue weighted by Crippen LogP contribution is -2.29. The predicted octanol–water partition coefficient (Wildman–Crippen LogP) is 4.93. The Balaban J connectivity index is 1.53. The summed E-state index contributed by atoms with van der Waals surface area (Å²) in [4.78, 5) is 28.9. The van der Waals surface area contributed by atoms with Gasteiger partial charge < -0.3 is 23.5 Å². The predicted molar refractivity (Wildman–Crippen MR) is 125 cm³/mol. The second kappa shape index (κ2) is 7.81. The average Bonchev–Trinajstić information content (AvgIpc) is 3.42. The third-order valence-electron chi connectivity index (χ3n) is 6.13. The van der Waals surface area contributed by atoms with Crippen LogP contribution in [0, 0.1) is 0 Å². The molecule has 0 spiro atoms. The summed E-state index contributed by atoms with van der Waals surface area (Å²) in [6.45, 7) is 0.394. The highest BCUT2D eigenvalue weighted by Crippen LogP contribution is 2.41. The van der Waals surface area contributed by atoms with E-state index in [1.54, 1.807) is 30.2 Å². The quantitative estimate of drug-likeness (QED) is 0.416. The molecule has 170 valence electrons. The van der Waals surface area contributed by atoms with Crippen LogP contribution in [0.4, 0.5) is 0 Å². The van der Waals surface area contributed by atoms with Crippen molar-refractivity contribution in [2.75, 3.05) is 13.9 Å². The largest absolute Gasteiger partial charge is 0.497 e. The van der Waals surface area contributed by atoms with Crippen molar-refractivity contribution >= 4 is 28.5 Å². The van der Waals surface area contributed by atoms with Crippen LogP contribution in [0.25, 0.3) is 11.0 Å². The van der Waals surface area contributed by atoms with E-state index >= 15 is 0 Å². The number of hydrogen-bond donors (Lipinski definition) is 0. The number of benzene rings is 3. The number of carbonyl (C=O) groups is 1. The van der Waals surface area contributed by atoms with Gasteiger partial charge in [0.15, 0.2) is 16.9 Å². The van der Waals surface area contributed by atoms with Crippen molar-refractivity contribution in [2.45, 2.75) is 12.6 Å². The van der Waals surface area contributed by atoms with Crippen LogP contribution in [0.2, 0.25) is 5.02 Å². The minimum Gasteiger partial charge on any atom is -0.497 e. The summed E-state index contributed by atoms with van der Waals surface area (Å²) in [5.41, 5.74) is 1.89. The normalized spacial score (nSPS) is 16.2. The Hall–Kier alpha value is -3.97. The molecule has 1 aromatic heterocycles. The monoisotopic (exact) mass is 475 g/mol. The molecule has 1 atom stereocenters. The van der Waals surface area contributed by atoms with Crippen LogP contribution < -0.4 is 19.6 Å². The van der Waals surface area contributed by atoms with Crippen LogP contribution >= 0.6 is 11.6 Å². The first-order valence-corrected chi connectivity index (χ1v) is 11.0. The first kappa shape index (κ1) is 20.6. The lowest BCUT2D eigenvalue weighted by atomic mass is 9.98. The Kier molecular flexibility index (Phi) is 4.74. The van der Waals surface area contributed by atoms with Crippen molar-refractivity contribution in [3.8, 4) is 17.2 Å². The Morgan fingerprint density at radius 3 is 2.74 bits per heavy atom. The van der Waals surface area contributed by atoms with Gasteiger partial charge in [0.2, 0.25) is 12.6 Å². The molecular formula is C26H18ClNO6. The van der Waals surface area contributed by atoms with Crippen molar-refractivity contribution in [1.82, 2.24) is 4.90 Å². The lowest BCUT2D eigenvalue weighted by Gasteiger charge is -2.25. The van der Waals surface area contributed by atoms with E-state index in [2.05, 4.69) is 0 Å². The van der Waals surface area contributed by atoms with Crippen molar-refractivity contribution < 1.29 is 23.4 Å². The topological polar surface area (TPSA) is 78.2 Å². The molecule has 8 heteroatoms. The van der Waals surface area contributed by atoms with Gasteiger partial charge in [-0.05, 0) is 53.6 Å². The van der Waals surface area contributed by atoms with E-state index in [0.717, 1.165) is 11.1 Å². The maximum atomic E-state index is 13.6. The Bertz CT molecular complexity index is 1530. The fraction of sp³-hybridized carbons (Fsp3) is 0.154. The highest BCUT2D eigenvalue weighted by molar-refractivity contribution is 6.31. The van der Waals surface area contributed by atoms with Gasteiger partial charge >= 0.3 is 0 Å². The summed E-state index contributed by atoms with van der Waals surface area (Å²) in [6, 6.07) is 17.0. The second-order valence-corrected chi connectivity index (χ2v) is 8.55. The van der Waals surface area contributed by atoms with Gasteiger partial charge in [0.05, 0.1) is 24.1 Å². The van der Waals surface area contributed by atoms with Crippen LogP contribution in [0.3, 0.4) is 0 Å². The molecule has 3 aromatic carbocycles. The number of fused-ring (bicyclic) bond motifs is 3. The number of methoxy groups -OCH3 is 1. The number of rotatable bonds is 4. The van der Waals surface area contributed by atoms with Crippen molar-refractivity contribution in [3.63, 3.8) is 0 Å². The number of amides is 1. The third kappa shape index (κ3) is 3.20. The molecule has 0 bridgehead atoms. The Morgan fingerprint density at radius 2 is 1.88 bits per heavy atom. The van der Waals surface area contributed by atoms with Crippen molar-refractivity contribution in [3.05, 3.63) is 98.4 Å². The molecule has 0 aliphatic carbocycles. The fourth-order valence-corrected chi connectivity index (χ4v) is 4.72. The van der Waals surface area contributed by atoms with Crippen molar-refractivity contribution in [2.24, 2.45) is 0 Å². The molecule has 1 unspecified atom stereocenters. The maximum Gasteiger partial charge on any atom is 0.291 e. The molecule has 7 nitrogen and oxygen atoms in total. The van der Waals surface area contributed by atoms with E-state index in [4.69, 9.17) is 30.2 Å². The van der Waals surface area contributed by atoms with E-state index in [9.17, 15) is 9.59 Å². The fourth-order valence-electron chi connectivity index (χ4n) is 4.55. The van der Waals surface area contributed by atoms with Gasteiger partial charge in [0.1, 0.15) is 11.3 Å². The molecule has 0 radical (unpaired) electrons. The molecule has 3 heterocycles. The first-order chi connectivity index (χ1) is 16.5. The van der Waals surface area contributed by atoms with E-state index in [1.807, 2.05) is 42.5 Å². The summed E-state index contributed by atoms with van der Waals surface area (Å²) in [5, 5.41) is 0.746. The minimum atomic E-state index is -0.664. The zero-order valence-corrected chi connectivity index (χ0v) is 18.8. The highest BCUT2D eigenvalue weighted by atomic mass is 35.5. The number of ether oxygens (including phenoxy) is 3. The molecule has 1 amide bonds. The molecule has 0 fully saturated rings. The maximum absolute atomic E-state index is 13.6. The van der Waals surface area contributed by atoms with E-state index < -0.39 is 6.04 Å². The summed E-state index contributed by atoms with van der Waals surface area (Å²) < 4.78 is 22.3. The van der Waals surface area contributed by atoms with Crippen LogP contribution in [0.5, 0.6) is 17.2 Å². The molecule has 0 N–H and O–H groups in total. The summed E-state index contributed by atoms with van der Waals surface area (Å²) in [7, 11) is 1.57. The van der Waals surface area contributed by atoms with Gasteiger partial charge in [-0.2, -0.15) is 0 Å². The van der Waals surface area contributed by atoms with E-state index in [-0.39, 0.29) is 36.0 Å².